The Labute approximate surface area is 54.2 Å². The van der Waals surface area contributed by atoms with Crippen LogP contribution in [0.25, 0.3) is 0 Å². The lowest BCUT2D eigenvalue weighted by Gasteiger charge is -2.03. The van der Waals surface area contributed by atoms with E-state index in [1.807, 2.05) is 0 Å². The van der Waals surface area contributed by atoms with Gasteiger partial charge in [-0.3, -0.25) is 10.1 Å². The maximum atomic E-state index is 12.2. The maximum absolute atomic E-state index is 12.2. The minimum Gasteiger partial charge on any atom is -0.261 e. The van der Waals surface area contributed by atoms with Crippen molar-refractivity contribution >= 4 is 15.9 Å². The molecule has 0 aromatic rings. The lowest BCUT2D eigenvalue weighted by Crippen LogP contribution is -2.23. The van der Waals surface area contributed by atoms with Crippen molar-refractivity contribution < 1.29 is 9.31 Å². The molecule has 0 aromatic carbocycles. The Bertz CT molecular complexity index is 105. The van der Waals surface area contributed by atoms with Crippen LogP contribution in [0.5, 0.6) is 0 Å². The highest BCUT2D eigenvalue weighted by molar-refractivity contribution is 9.09. The molecule has 0 fully saturated rings. The molecule has 0 saturated carbocycles. The monoisotopic (exact) mass is 185 g/mol. The summed E-state index contributed by atoms with van der Waals surface area (Å²) in [6.07, 6.45) is -0.167. The highest BCUT2D eigenvalue weighted by atomic mass is 79.9. The van der Waals surface area contributed by atoms with Gasteiger partial charge < -0.3 is 0 Å². The van der Waals surface area contributed by atoms with Crippen molar-refractivity contribution in [2.45, 2.75) is 18.0 Å². The van der Waals surface area contributed by atoms with Crippen molar-refractivity contribution in [1.29, 1.82) is 0 Å². The van der Waals surface area contributed by atoms with Crippen LogP contribution in [0.1, 0.15) is 13.3 Å². The van der Waals surface area contributed by atoms with Gasteiger partial charge in [-0.2, -0.15) is 4.39 Å². The zero-order chi connectivity index (χ0) is 6.78. The normalized spacial score (nSPS) is 17.4. The first kappa shape index (κ1) is 7.81. The van der Waals surface area contributed by atoms with Gasteiger partial charge >= 0.3 is 4.70 Å². The minimum absolute atomic E-state index is 0.167. The summed E-state index contributed by atoms with van der Waals surface area (Å²) in [5, 5.41) is 9.64. The summed E-state index contributed by atoms with van der Waals surface area (Å²) in [5.74, 6) is 0. The molecule has 0 spiro atoms. The largest absolute Gasteiger partial charge is 0.412 e. The van der Waals surface area contributed by atoms with E-state index in [0.717, 1.165) is 0 Å². The van der Waals surface area contributed by atoms with Crippen LogP contribution in [0.2, 0.25) is 0 Å². The number of rotatable bonds is 2. The van der Waals surface area contributed by atoms with Crippen LogP contribution in [-0.2, 0) is 0 Å². The van der Waals surface area contributed by atoms with Gasteiger partial charge in [0, 0.05) is 15.9 Å². The second kappa shape index (κ2) is 2.39. The number of hydrogen-bond acceptors (Lipinski definition) is 2. The molecular weight excluding hydrogens is 181 g/mol. The third-order valence-electron chi connectivity index (χ3n) is 0.692. The van der Waals surface area contributed by atoms with E-state index in [1.165, 1.54) is 6.92 Å². The van der Waals surface area contributed by atoms with Gasteiger partial charge in [0.2, 0.25) is 0 Å². The highest BCUT2D eigenvalue weighted by Crippen LogP contribution is 2.23. The van der Waals surface area contributed by atoms with Crippen molar-refractivity contribution in [3.63, 3.8) is 0 Å². The fourth-order valence-electron chi connectivity index (χ4n) is 0.129. The van der Waals surface area contributed by atoms with Crippen molar-refractivity contribution in [3.05, 3.63) is 10.1 Å². The zero-order valence-electron chi connectivity index (χ0n) is 4.23. The molecular formula is C3H5BrFNO2. The fraction of sp³-hybridized carbons (Fsp3) is 1.00. The van der Waals surface area contributed by atoms with Gasteiger partial charge in [0.1, 0.15) is 0 Å². The van der Waals surface area contributed by atoms with Crippen LogP contribution in [-0.4, -0.2) is 9.63 Å². The Balaban J connectivity index is 3.91. The van der Waals surface area contributed by atoms with Crippen LogP contribution in [0, 0.1) is 10.1 Å². The van der Waals surface area contributed by atoms with E-state index in [4.69, 9.17) is 0 Å². The van der Waals surface area contributed by atoms with Crippen LogP contribution < -0.4 is 0 Å². The maximum Gasteiger partial charge on any atom is 0.412 e. The molecule has 0 N–H and O–H groups in total. The summed E-state index contributed by atoms with van der Waals surface area (Å²) in [6, 6.07) is 0. The molecule has 0 radical (unpaired) electrons. The van der Waals surface area contributed by atoms with E-state index < -0.39 is 9.63 Å². The molecule has 48 valence electrons. The van der Waals surface area contributed by atoms with E-state index in [9.17, 15) is 14.5 Å². The van der Waals surface area contributed by atoms with Gasteiger partial charge in [0.05, 0.1) is 11.3 Å². The first-order valence-corrected chi connectivity index (χ1v) is 2.82. The topological polar surface area (TPSA) is 43.1 Å². The predicted molar refractivity (Wildman–Crippen MR) is 30.1 cm³/mol. The molecule has 0 amide bonds. The van der Waals surface area contributed by atoms with Gasteiger partial charge in [-0.05, 0) is 0 Å². The number of alkyl halides is 2. The lowest BCUT2D eigenvalue weighted by molar-refractivity contribution is -0.568. The van der Waals surface area contributed by atoms with Gasteiger partial charge in [-0.15, -0.1) is 0 Å². The summed E-state index contributed by atoms with van der Waals surface area (Å²) in [5.41, 5.74) is 0. The number of hydrogen-bond donors (Lipinski definition) is 0. The van der Waals surface area contributed by atoms with E-state index in [-0.39, 0.29) is 6.42 Å². The van der Waals surface area contributed by atoms with Gasteiger partial charge in [0.25, 0.3) is 0 Å². The number of nitrogens with zero attached hydrogens (tertiary/aromatic N) is 1. The summed E-state index contributed by atoms with van der Waals surface area (Å²) < 4.78 is 9.74. The average Bonchev–Trinajstić information content (AvgIpc) is 1.67. The quantitative estimate of drug-likeness (QED) is 0.285. The van der Waals surface area contributed by atoms with E-state index in [2.05, 4.69) is 15.9 Å². The second-order valence-electron chi connectivity index (χ2n) is 1.28. The number of halogens is 2. The Hall–Kier alpha value is -0.190. The molecule has 0 aliphatic rings. The van der Waals surface area contributed by atoms with Crippen LogP contribution >= 0.6 is 15.9 Å². The minimum atomic E-state index is -2.42. The zero-order valence-corrected chi connectivity index (χ0v) is 5.81. The van der Waals surface area contributed by atoms with E-state index >= 15 is 0 Å². The molecule has 8 heavy (non-hydrogen) atoms. The predicted octanol–water partition coefficient (Wildman–Crippen LogP) is 1.69. The standard InChI is InChI=1S/C3H5BrFNO2/c1-2-3(4,5)6(7)8/h2H2,1H3. The van der Waals surface area contributed by atoms with Gasteiger partial charge in [0.15, 0.2) is 0 Å². The fourth-order valence-corrected chi connectivity index (χ4v) is 0.129. The first-order chi connectivity index (χ1) is 3.50. The molecule has 5 heteroatoms. The van der Waals surface area contributed by atoms with Crippen molar-refractivity contribution in [2.75, 3.05) is 0 Å². The third kappa shape index (κ3) is 1.73. The van der Waals surface area contributed by atoms with Gasteiger partial charge in [-0.1, -0.05) is 6.92 Å². The SMILES string of the molecule is CCC(F)(Br)[N+](=O)[O-]. The van der Waals surface area contributed by atoms with Crippen molar-refractivity contribution in [1.82, 2.24) is 0 Å². The molecule has 0 aliphatic heterocycles. The van der Waals surface area contributed by atoms with Crippen LogP contribution in [0.15, 0.2) is 0 Å². The lowest BCUT2D eigenvalue weighted by atomic mass is 10.5. The molecule has 0 saturated heterocycles. The molecule has 1 unspecified atom stereocenters. The summed E-state index contributed by atoms with van der Waals surface area (Å²) in [4.78, 5) is 8.63. The molecule has 0 bridgehead atoms. The summed E-state index contributed by atoms with van der Waals surface area (Å²) in [6.45, 7) is 1.39. The summed E-state index contributed by atoms with van der Waals surface area (Å²) in [7, 11) is 0. The van der Waals surface area contributed by atoms with Crippen LogP contribution in [0.4, 0.5) is 4.39 Å². The third-order valence-corrected chi connectivity index (χ3v) is 1.54. The Morgan fingerprint density at radius 2 is 2.38 bits per heavy atom. The average molecular weight is 186 g/mol. The second-order valence-corrected chi connectivity index (χ2v) is 2.49. The smallest absolute Gasteiger partial charge is 0.261 e. The Morgan fingerprint density at radius 3 is 2.38 bits per heavy atom. The van der Waals surface area contributed by atoms with Crippen LogP contribution in [0.3, 0.4) is 0 Å². The Morgan fingerprint density at radius 1 is 2.00 bits per heavy atom. The molecule has 1 atom stereocenters. The van der Waals surface area contributed by atoms with E-state index in [0.29, 0.717) is 0 Å². The summed E-state index contributed by atoms with van der Waals surface area (Å²) >= 11 is 2.28. The highest BCUT2D eigenvalue weighted by Gasteiger charge is 2.36. The van der Waals surface area contributed by atoms with Crippen molar-refractivity contribution in [3.8, 4) is 0 Å². The molecule has 0 heterocycles. The first-order valence-electron chi connectivity index (χ1n) is 2.03. The number of nitro groups is 1. The molecule has 3 nitrogen and oxygen atoms in total. The van der Waals surface area contributed by atoms with Crippen molar-refractivity contribution in [2.24, 2.45) is 0 Å². The molecule has 0 rings (SSSR count). The van der Waals surface area contributed by atoms with Gasteiger partial charge in [-0.25, -0.2) is 0 Å². The molecule has 0 aromatic heterocycles. The Kier molecular flexibility index (Phi) is 2.33. The van der Waals surface area contributed by atoms with E-state index in [1.54, 1.807) is 0 Å². The molecule has 0 aliphatic carbocycles.